The summed E-state index contributed by atoms with van der Waals surface area (Å²) in [5.74, 6) is -0.922. The fourth-order valence-electron chi connectivity index (χ4n) is 1.82. The van der Waals surface area contributed by atoms with Gasteiger partial charge in [0.25, 0.3) is 0 Å². The van der Waals surface area contributed by atoms with Gasteiger partial charge >= 0.3 is 0 Å². The molecule has 0 aromatic heterocycles. The van der Waals surface area contributed by atoms with E-state index in [1.807, 2.05) is 0 Å². The third-order valence-electron chi connectivity index (χ3n) is 2.81. The Labute approximate surface area is 102 Å². The normalized spacial score (nSPS) is 10.8. The second-order valence-corrected chi connectivity index (χ2v) is 4.25. The van der Waals surface area contributed by atoms with Crippen molar-refractivity contribution in [2.45, 2.75) is 39.0 Å². The number of unbranched alkanes of at least 4 members (excludes halogenated alkanes) is 3. The number of nitrogens with one attached hydrogen (secondary N) is 1. The Hall–Kier alpha value is -0.960. The first kappa shape index (κ1) is 14.1. The van der Waals surface area contributed by atoms with Gasteiger partial charge in [-0.3, -0.25) is 0 Å². The smallest absolute Gasteiger partial charge is 0.129 e. The second kappa shape index (κ2) is 8.18. The zero-order valence-corrected chi connectivity index (χ0v) is 10.4. The van der Waals surface area contributed by atoms with Gasteiger partial charge in [0, 0.05) is 6.07 Å². The first-order chi connectivity index (χ1) is 8.24. The van der Waals surface area contributed by atoms with Gasteiger partial charge in [-0.25, -0.2) is 8.78 Å². The van der Waals surface area contributed by atoms with Gasteiger partial charge in [-0.15, -0.1) is 0 Å². The Kier molecular flexibility index (Phi) is 6.78. The van der Waals surface area contributed by atoms with E-state index < -0.39 is 11.6 Å². The van der Waals surface area contributed by atoms with Gasteiger partial charge in [0.1, 0.15) is 11.6 Å². The number of aryl methyl sites for hydroxylation is 1. The third kappa shape index (κ3) is 5.78. The number of rotatable bonds is 8. The molecule has 0 atom stereocenters. The maximum Gasteiger partial charge on any atom is 0.129 e. The highest BCUT2D eigenvalue weighted by molar-refractivity contribution is 5.18. The summed E-state index contributed by atoms with van der Waals surface area (Å²) in [7, 11) is 0. The molecule has 0 saturated carbocycles. The topological polar surface area (TPSA) is 12.0 Å². The lowest BCUT2D eigenvalue weighted by Gasteiger charge is -2.04. The van der Waals surface area contributed by atoms with E-state index >= 15 is 0 Å². The summed E-state index contributed by atoms with van der Waals surface area (Å²) in [4.78, 5) is 0. The van der Waals surface area contributed by atoms with Crippen LogP contribution in [-0.2, 0) is 6.42 Å². The molecule has 1 aromatic carbocycles. The standard InChI is InChI=1S/C14H21F2N/c1-2-17-10-6-4-3-5-7-12-8-9-13(15)11-14(12)16/h8-9,11,17H,2-7,10H2,1H3. The van der Waals surface area contributed by atoms with Crippen LogP contribution in [0.4, 0.5) is 8.78 Å². The molecular formula is C14H21F2N. The van der Waals surface area contributed by atoms with Crippen molar-refractivity contribution in [3.8, 4) is 0 Å². The minimum absolute atomic E-state index is 0.419. The van der Waals surface area contributed by atoms with E-state index in [1.54, 1.807) is 6.07 Å². The van der Waals surface area contributed by atoms with Crippen molar-refractivity contribution in [1.82, 2.24) is 5.32 Å². The van der Waals surface area contributed by atoms with Crippen LogP contribution < -0.4 is 5.32 Å². The first-order valence-electron chi connectivity index (χ1n) is 6.38. The lowest BCUT2D eigenvalue weighted by Crippen LogP contribution is -2.13. The van der Waals surface area contributed by atoms with Gasteiger partial charge in [-0.05, 0) is 44.0 Å². The van der Waals surface area contributed by atoms with Crippen molar-refractivity contribution >= 4 is 0 Å². The molecule has 0 unspecified atom stereocenters. The maximum atomic E-state index is 13.3. The number of hydrogen-bond acceptors (Lipinski definition) is 1. The quantitative estimate of drug-likeness (QED) is 0.685. The fourth-order valence-corrected chi connectivity index (χ4v) is 1.82. The summed E-state index contributed by atoms with van der Waals surface area (Å²) >= 11 is 0. The highest BCUT2D eigenvalue weighted by Crippen LogP contribution is 2.13. The molecule has 1 rings (SSSR count). The number of halogens is 2. The molecule has 1 nitrogen and oxygen atoms in total. The molecule has 0 radical (unpaired) electrons. The van der Waals surface area contributed by atoms with Crippen molar-refractivity contribution in [2.75, 3.05) is 13.1 Å². The summed E-state index contributed by atoms with van der Waals surface area (Å²) in [5.41, 5.74) is 0.623. The highest BCUT2D eigenvalue weighted by Gasteiger charge is 2.02. The van der Waals surface area contributed by atoms with Gasteiger partial charge in [-0.2, -0.15) is 0 Å². The van der Waals surface area contributed by atoms with Crippen LogP contribution in [0, 0.1) is 11.6 Å². The lowest BCUT2D eigenvalue weighted by atomic mass is 10.1. The number of hydrogen-bond donors (Lipinski definition) is 1. The van der Waals surface area contributed by atoms with E-state index in [1.165, 1.54) is 12.5 Å². The van der Waals surface area contributed by atoms with Crippen LogP contribution in [0.5, 0.6) is 0 Å². The van der Waals surface area contributed by atoms with Crippen molar-refractivity contribution < 1.29 is 8.78 Å². The molecular weight excluding hydrogens is 220 g/mol. The zero-order valence-electron chi connectivity index (χ0n) is 10.4. The second-order valence-electron chi connectivity index (χ2n) is 4.25. The van der Waals surface area contributed by atoms with E-state index in [-0.39, 0.29) is 0 Å². The minimum atomic E-state index is -0.503. The molecule has 1 N–H and O–H groups in total. The minimum Gasteiger partial charge on any atom is -0.317 e. The predicted molar refractivity (Wildman–Crippen MR) is 67.1 cm³/mol. The Morgan fingerprint density at radius 2 is 1.82 bits per heavy atom. The SMILES string of the molecule is CCNCCCCCCc1ccc(F)cc1F. The van der Waals surface area contributed by atoms with Crippen LogP contribution in [0.1, 0.15) is 38.2 Å². The van der Waals surface area contributed by atoms with Gasteiger partial charge in [-0.1, -0.05) is 25.8 Å². The zero-order chi connectivity index (χ0) is 12.5. The molecule has 96 valence electrons. The molecule has 0 aliphatic rings. The van der Waals surface area contributed by atoms with Crippen molar-refractivity contribution in [3.63, 3.8) is 0 Å². The molecule has 1 aromatic rings. The van der Waals surface area contributed by atoms with E-state index in [9.17, 15) is 8.78 Å². The van der Waals surface area contributed by atoms with E-state index in [4.69, 9.17) is 0 Å². The molecule has 0 saturated heterocycles. The van der Waals surface area contributed by atoms with Gasteiger partial charge in [0.05, 0.1) is 0 Å². The first-order valence-corrected chi connectivity index (χ1v) is 6.38. The Balaban J connectivity index is 2.14. The maximum absolute atomic E-state index is 13.3. The summed E-state index contributed by atoms with van der Waals surface area (Å²) in [6, 6.07) is 3.83. The Morgan fingerprint density at radius 3 is 2.53 bits per heavy atom. The Bertz CT molecular complexity index is 326. The van der Waals surface area contributed by atoms with Gasteiger partial charge < -0.3 is 5.32 Å². The average Bonchev–Trinajstić information content (AvgIpc) is 2.30. The summed E-state index contributed by atoms with van der Waals surface area (Å²) < 4.78 is 25.9. The van der Waals surface area contributed by atoms with E-state index in [2.05, 4.69) is 12.2 Å². The predicted octanol–water partition coefficient (Wildman–Crippen LogP) is 3.68. The van der Waals surface area contributed by atoms with Crippen LogP contribution in [-0.4, -0.2) is 13.1 Å². The summed E-state index contributed by atoms with van der Waals surface area (Å²) in [6.07, 6.45) is 5.10. The van der Waals surface area contributed by atoms with Crippen LogP contribution in [0.3, 0.4) is 0 Å². The molecule has 17 heavy (non-hydrogen) atoms. The largest absolute Gasteiger partial charge is 0.317 e. The number of benzene rings is 1. The molecule has 0 aliphatic carbocycles. The van der Waals surface area contributed by atoms with Crippen molar-refractivity contribution in [2.24, 2.45) is 0 Å². The molecule has 0 aliphatic heterocycles. The molecule has 0 spiro atoms. The fraction of sp³-hybridized carbons (Fsp3) is 0.571. The summed E-state index contributed by atoms with van der Waals surface area (Å²) in [5, 5.41) is 3.27. The molecule has 0 fully saturated rings. The lowest BCUT2D eigenvalue weighted by molar-refractivity contribution is 0.559. The summed E-state index contributed by atoms with van der Waals surface area (Å²) in [6.45, 7) is 4.17. The monoisotopic (exact) mass is 241 g/mol. The Morgan fingerprint density at radius 1 is 1.06 bits per heavy atom. The molecule has 0 heterocycles. The van der Waals surface area contributed by atoms with Gasteiger partial charge in [0.2, 0.25) is 0 Å². The van der Waals surface area contributed by atoms with Crippen molar-refractivity contribution in [3.05, 3.63) is 35.4 Å². The molecule has 0 bridgehead atoms. The van der Waals surface area contributed by atoms with Crippen LogP contribution in [0.25, 0.3) is 0 Å². The van der Waals surface area contributed by atoms with Crippen LogP contribution in [0.15, 0.2) is 18.2 Å². The van der Waals surface area contributed by atoms with E-state index in [0.717, 1.165) is 38.4 Å². The van der Waals surface area contributed by atoms with Crippen LogP contribution in [0.2, 0.25) is 0 Å². The van der Waals surface area contributed by atoms with Crippen molar-refractivity contribution in [1.29, 1.82) is 0 Å². The third-order valence-corrected chi connectivity index (χ3v) is 2.81. The average molecular weight is 241 g/mol. The van der Waals surface area contributed by atoms with Crippen LogP contribution >= 0.6 is 0 Å². The van der Waals surface area contributed by atoms with Gasteiger partial charge in [0.15, 0.2) is 0 Å². The molecule has 3 heteroatoms. The molecule has 0 amide bonds. The van der Waals surface area contributed by atoms with E-state index in [0.29, 0.717) is 12.0 Å². The highest BCUT2D eigenvalue weighted by atomic mass is 19.1.